The predicted molar refractivity (Wildman–Crippen MR) is 61.5 cm³/mol. The summed E-state index contributed by atoms with van der Waals surface area (Å²) in [7, 11) is 0. The smallest absolute Gasteiger partial charge is 0.0810 e. The van der Waals surface area contributed by atoms with E-state index in [1.807, 2.05) is 37.3 Å². The lowest BCUT2D eigenvalue weighted by atomic mass is 10.1. The van der Waals surface area contributed by atoms with Crippen LogP contribution in [0.4, 0.5) is 0 Å². The quantitative estimate of drug-likeness (QED) is 0.725. The van der Waals surface area contributed by atoms with E-state index in [0.717, 1.165) is 11.1 Å². The van der Waals surface area contributed by atoms with Crippen LogP contribution in [0.5, 0.6) is 0 Å². The molecule has 0 aromatic heterocycles. The summed E-state index contributed by atoms with van der Waals surface area (Å²) >= 11 is 0. The van der Waals surface area contributed by atoms with Crippen molar-refractivity contribution in [3.8, 4) is 0 Å². The van der Waals surface area contributed by atoms with E-state index in [0.29, 0.717) is 19.6 Å². The lowest BCUT2D eigenvalue weighted by Gasteiger charge is -2.10. The Balaban J connectivity index is 2.19. The number of ether oxygens (including phenoxy) is 1. The molecule has 2 nitrogen and oxygen atoms in total. The maximum absolute atomic E-state index is 9.51. The number of hydrogen-bond acceptors (Lipinski definition) is 2. The molecule has 1 N–H and O–H groups in total. The van der Waals surface area contributed by atoms with Crippen LogP contribution in [0.1, 0.15) is 18.9 Å². The Morgan fingerprint density at radius 2 is 2.07 bits per heavy atom. The molecular formula is C13H18O2. The van der Waals surface area contributed by atoms with E-state index in [9.17, 15) is 5.11 Å². The standard InChI is InChI=1S/C13H18O2/c1-11(2)8-13(14)10-15-9-12-6-4-3-5-7-12/h3-7,13-14H,1,8-10H2,2H3/t13-/m1/s1. The summed E-state index contributed by atoms with van der Waals surface area (Å²) in [5.74, 6) is 0. The molecule has 0 aliphatic heterocycles. The third-order valence-corrected chi connectivity index (χ3v) is 2.01. The largest absolute Gasteiger partial charge is 0.390 e. The first-order chi connectivity index (χ1) is 7.18. The first-order valence-corrected chi connectivity index (χ1v) is 5.12. The maximum atomic E-state index is 9.51. The van der Waals surface area contributed by atoms with Crippen LogP contribution in [0.15, 0.2) is 42.5 Å². The molecule has 1 aromatic rings. The summed E-state index contributed by atoms with van der Waals surface area (Å²) in [5.41, 5.74) is 2.10. The van der Waals surface area contributed by atoms with Gasteiger partial charge in [0.15, 0.2) is 0 Å². The highest BCUT2D eigenvalue weighted by Crippen LogP contribution is 2.05. The molecule has 0 bridgehead atoms. The molecule has 0 heterocycles. The lowest BCUT2D eigenvalue weighted by Crippen LogP contribution is -2.15. The summed E-state index contributed by atoms with van der Waals surface area (Å²) in [6.45, 7) is 6.56. The Morgan fingerprint density at radius 1 is 1.40 bits per heavy atom. The first-order valence-electron chi connectivity index (χ1n) is 5.12. The van der Waals surface area contributed by atoms with Crippen molar-refractivity contribution in [2.45, 2.75) is 26.1 Å². The minimum atomic E-state index is -0.439. The topological polar surface area (TPSA) is 29.5 Å². The molecule has 0 aliphatic carbocycles. The normalized spacial score (nSPS) is 12.4. The molecule has 0 unspecified atom stereocenters. The third-order valence-electron chi connectivity index (χ3n) is 2.01. The van der Waals surface area contributed by atoms with E-state index in [4.69, 9.17) is 4.74 Å². The molecule has 1 atom stereocenters. The Bertz CT molecular complexity index is 293. The van der Waals surface area contributed by atoms with E-state index in [1.54, 1.807) is 0 Å². The van der Waals surface area contributed by atoms with Gasteiger partial charge in [-0.1, -0.05) is 35.9 Å². The maximum Gasteiger partial charge on any atom is 0.0810 e. The van der Waals surface area contributed by atoms with E-state index in [1.165, 1.54) is 0 Å². The van der Waals surface area contributed by atoms with Crippen molar-refractivity contribution in [1.29, 1.82) is 0 Å². The number of aliphatic hydroxyl groups is 1. The van der Waals surface area contributed by atoms with Gasteiger partial charge in [0.25, 0.3) is 0 Å². The summed E-state index contributed by atoms with van der Waals surface area (Å²) < 4.78 is 5.39. The average Bonchev–Trinajstić information content (AvgIpc) is 2.18. The van der Waals surface area contributed by atoms with Crippen molar-refractivity contribution in [3.05, 3.63) is 48.0 Å². The zero-order valence-electron chi connectivity index (χ0n) is 9.15. The molecule has 0 spiro atoms. The molecule has 0 saturated heterocycles. The Hall–Kier alpha value is -1.12. The fourth-order valence-electron chi connectivity index (χ4n) is 1.35. The zero-order chi connectivity index (χ0) is 11.1. The van der Waals surface area contributed by atoms with Crippen LogP contribution in [-0.2, 0) is 11.3 Å². The van der Waals surface area contributed by atoms with Gasteiger partial charge < -0.3 is 9.84 Å². The highest BCUT2D eigenvalue weighted by Gasteiger charge is 2.03. The van der Waals surface area contributed by atoms with Crippen LogP contribution in [0.2, 0.25) is 0 Å². The van der Waals surface area contributed by atoms with Gasteiger partial charge in [-0.25, -0.2) is 0 Å². The molecule has 0 saturated carbocycles. The van der Waals surface area contributed by atoms with Crippen LogP contribution in [0.3, 0.4) is 0 Å². The molecule has 15 heavy (non-hydrogen) atoms. The lowest BCUT2D eigenvalue weighted by molar-refractivity contribution is 0.0289. The molecule has 1 aromatic carbocycles. The van der Waals surface area contributed by atoms with Gasteiger partial charge in [-0.2, -0.15) is 0 Å². The van der Waals surface area contributed by atoms with Crippen LogP contribution in [-0.4, -0.2) is 17.8 Å². The molecule has 82 valence electrons. The monoisotopic (exact) mass is 206 g/mol. The second-order valence-electron chi connectivity index (χ2n) is 3.82. The SMILES string of the molecule is C=C(C)C[C@@H](O)COCc1ccccc1. The molecule has 0 amide bonds. The Morgan fingerprint density at radius 3 is 2.67 bits per heavy atom. The predicted octanol–water partition coefficient (Wildman–Crippen LogP) is 2.53. The number of rotatable bonds is 6. The van der Waals surface area contributed by atoms with Crippen molar-refractivity contribution >= 4 is 0 Å². The van der Waals surface area contributed by atoms with Crippen LogP contribution < -0.4 is 0 Å². The molecule has 0 fully saturated rings. The second kappa shape index (κ2) is 6.38. The number of hydrogen-bond donors (Lipinski definition) is 1. The summed E-state index contributed by atoms with van der Waals surface area (Å²) in [6.07, 6.45) is 0.167. The molecule has 0 aliphatic rings. The molecular weight excluding hydrogens is 188 g/mol. The van der Waals surface area contributed by atoms with Gasteiger partial charge in [0.1, 0.15) is 0 Å². The van der Waals surface area contributed by atoms with Crippen molar-refractivity contribution in [2.75, 3.05) is 6.61 Å². The minimum absolute atomic E-state index is 0.363. The molecule has 2 heteroatoms. The highest BCUT2D eigenvalue weighted by atomic mass is 16.5. The van der Waals surface area contributed by atoms with E-state index in [-0.39, 0.29) is 0 Å². The Kier molecular flexibility index (Phi) is 5.08. The number of aliphatic hydroxyl groups excluding tert-OH is 1. The zero-order valence-corrected chi connectivity index (χ0v) is 9.15. The van der Waals surface area contributed by atoms with E-state index >= 15 is 0 Å². The fraction of sp³-hybridized carbons (Fsp3) is 0.385. The van der Waals surface area contributed by atoms with Crippen LogP contribution >= 0.6 is 0 Å². The van der Waals surface area contributed by atoms with Gasteiger partial charge in [0.2, 0.25) is 0 Å². The van der Waals surface area contributed by atoms with Gasteiger partial charge in [0, 0.05) is 0 Å². The Labute approximate surface area is 91.2 Å². The van der Waals surface area contributed by atoms with Crippen molar-refractivity contribution in [1.82, 2.24) is 0 Å². The second-order valence-corrected chi connectivity index (χ2v) is 3.82. The third kappa shape index (κ3) is 5.35. The van der Waals surface area contributed by atoms with Gasteiger partial charge in [-0.05, 0) is 18.9 Å². The van der Waals surface area contributed by atoms with E-state index in [2.05, 4.69) is 6.58 Å². The average molecular weight is 206 g/mol. The fourth-order valence-corrected chi connectivity index (χ4v) is 1.35. The summed E-state index contributed by atoms with van der Waals surface area (Å²) in [5, 5.41) is 9.51. The van der Waals surface area contributed by atoms with Crippen LogP contribution in [0, 0.1) is 0 Å². The molecule has 0 radical (unpaired) electrons. The van der Waals surface area contributed by atoms with Crippen molar-refractivity contribution in [2.24, 2.45) is 0 Å². The van der Waals surface area contributed by atoms with E-state index < -0.39 is 6.10 Å². The first kappa shape index (κ1) is 12.0. The number of benzene rings is 1. The highest BCUT2D eigenvalue weighted by molar-refractivity contribution is 5.13. The van der Waals surface area contributed by atoms with Gasteiger partial charge in [-0.15, -0.1) is 6.58 Å². The molecule has 1 rings (SSSR count). The van der Waals surface area contributed by atoms with Crippen molar-refractivity contribution < 1.29 is 9.84 Å². The minimum Gasteiger partial charge on any atom is -0.390 e. The van der Waals surface area contributed by atoms with Crippen LogP contribution in [0.25, 0.3) is 0 Å². The summed E-state index contributed by atoms with van der Waals surface area (Å²) in [4.78, 5) is 0. The van der Waals surface area contributed by atoms with Gasteiger partial charge in [-0.3, -0.25) is 0 Å². The summed E-state index contributed by atoms with van der Waals surface area (Å²) in [6, 6.07) is 9.93. The van der Waals surface area contributed by atoms with Crippen molar-refractivity contribution in [3.63, 3.8) is 0 Å². The van der Waals surface area contributed by atoms with Gasteiger partial charge >= 0.3 is 0 Å². The van der Waals surface area contributed by atoms with Gasteiger partial charge in [0.05, 0.1) is 19.3 Å².